The molecule has 1 aromatic rings. The Morgan fingerprint density at radius 2 is 2.26 bits per heavy atom. The van der Waals surface area contributed by atoms with Crippen molar-refractivity contribution in [3.8, 4) is 0 Å². The van der Waals surface area contributed by atoms with E-state index in [1.165, 1.54) is 0 Å². The van der Waals surface area contributed by atoms with Crippen LogP contribution in [-0.2, 0) is 9.53 Å². The van der Waals surface area contributed by atoms with Gasteiger partial charge in [0.2, 0.25) is 5.91 Å². The lowest BCUT2D eigenvalue weighted by molar-refractivity contribution is -0.145. The van der Waals surface area contributed by atoms with Gasteiger partial charge in [0.1, 0.15) is 11.9 Å². The standard InChI is InChI=1S/C11H17N5O2.ClH/c1-7-13-10(15-14-7)9-6-16(2-3-18-9)11(17)8-4-12-5-8;/h8-9,12H,2-6H2,1H3,(H,13,14,15);1H. The maximum absolute atomic E-state index is 12.1. The highest BCUT2D eigenvalue weighted by atomic mass is 35.5. The Kier molecular flexibility index (Phi) is 4.38. The van der Waals surface area contributed by atoms with Gasteiger partial charge >= 0.3 is 0 Å². The Hall–Kier alpha value is -1.18. The molecule has 0 saturated carbocycles. The third-order valence-electron chi connectivity index (χ3n) is 3.41. The molecule has 0 spiro atoms. The number of aromatic nitrogens is 3. The maximum atomic E-state index is 12.1. The van der Waals surface area contributed by atoms with Crippen LogP contribution in [0, 0.1) is 12.8 Å². The highest BCUT2D eigenvalue weighted by molar-refractivity contribution is 5.85. The molecule has 1 amide bonds. The van der Waals surface area contributed by atoms with Gasteiger partial charge in [0.05, 0.1) is 19.1 Å². The molecule has 1 aromatic heterocycles. The molecule has 19 heavy (non-hydrogen) atoms. The summed E-state index contributed by atoms with van der Waals surface area (Å²) in [5.41, 5.74) is 0. The average molecular weight is 288 g/mol. The van der Waals surface area contributed by atoms with Crippen LogP contribution < -0.4 is 5.32 Å². The predicted octanol–water partition coefficient (Wildman–Crippen LogP) is -0.346. The van der Waals surface area contributed by atoms with Crippen LogP contribution in [0.3, 0.4) is 0 Å². The number of H-pyrrole nitrogens is 1. The largest absolute Gasteiger partial charge is 0.366 e. The monoisotopic (exact) mass is 287 g/mol. The topological polar surface area (TPSA) is 83.1 Å². The molecule has 2 aliphatic rings. The fraction of sp³-hybridized carbons (Fsp3) is 0.727. The van der Waals surface area contributed by atoms with Gasteiger partial charge in [0, 0.05) is 19.6 Å². The molecule has 2 aliphatic heterocycles. The lowest BCUT2D eigenvalue weighted by atomic mass is 10.0. The quantitative estimate of drug-likeness (QED) is 0.777. The first-order chi connectivity index (χ1) is 8.74. The third-order valence-corrected chi connectivity index (χ3v) is 3.41. The van der Waals surface area contributed by atoms with Gasteiger partial charge in [0.15, 0.2) is 5.82 Å². The molecular formula is C11H18ClN5O2. The summed E-state index contributed by atoms with van der Waals surface area (Å²) in [7, 11) is 0. The van der Waals surface area contributed by atoms with Crippen LogP contribution in [0.25, 0.3) is 0 Å². The molecule has 106 valence electrons. The predicted molar refractivity (Wildman–Crippen MR) is 70.0 cm³/mol. The van der Waals surface area contributed by atoms with Crippen molar-refractivity contribution in [2.75, 3.05) is 32.8 Å². The summed E-state index contributed by atoms with van der Waals surface area (Å²) in [5, 5.41) is 10.0. The number of carbonyl (C=O) groups is 1. The van der Waals surface area contributed by atoms with Crippen molar-refractivity contribution in [1.82, 2.24) is 25.4 Å². The first kappa shape index (κ1) is 14.2. The maximum Gasteiger partial charge on any atom is 0.228 e. The number of nitrogens with zero attached hydrogens (tertiary/aromatic N) is 3. The number of rotatable bonds is 2. The number of aromatic amines is 1. The lowest BCUT2D eigenvalue weighted by Gasteiger charge is -2.36. The molecule has 2 N–H and O–H groups in total. The van der Waals surface area contributed by atoms with Crippen LogP contribution in [-0.4, -0.2) is 58.8 Å². The summed E-state index contributed by atoms with van der Waals surface area (Å²) in [6.45, 7) is 5.19. The number of amides is 1. The summed E-state index contributed by atoms with van der Waals surface area (Å²) in [4.78, 5) is 18.3. The molecule has 0 bridgehead atoms. The van der Waals surface area contributed by atoms with Gasteiger partial charge in [-0.3, -0.25) is 9.89 Å². The van der Waals surface area contributed by atoms with Crippen LogP contribution in [0.4, 0.5) is 0 Å². The number of ether oxygens (including phenoxy) is 1. The van der Waals surface area contributed by atoms with Gasteiger partial charge in [-0.2, -0.15) is 5.10 Å². The van der Waals surface area contributed by atoms with E-state index in [0.29, 0.717) is 25.5 Å². The number of hydrogen-bond donors (Lipinski definition) is 2. The highest BCUT2D eigenvalue weighted by Gasteiger charge is 2.33. The number of aryl methyl sites for hydroxylation is 1. The van der Waals surface area contributed by atoms with E-state index in [9.17, 15) is 4.79 Å². The molecule has 3 rings (SSSR count). The van der Waals surface area contributed by atoms with Crippen molar-refractivity contribution in [2.24, 2.45) is 5.92 Å². The van der Waals surface area contributed by atoms with Crippen LogP contribution in [0.5, 0.6) is 0 Å². The van der Waals surface area contributed by atoms with Gasteiger partial charge < -0.3 is 15.0 Å². The Morgan fingerprint density at radius 3 is 2.84 bits per heavy atom. The second-order valence-corrected chi connectivity index (χ2v) is 4.78. The Morgan fingerprint density at radius 1 is 1.47 bits per heavy atom. The van der Waals surface area contributed by atoms with Crippen molar-refractivity contribution in [1.29, 1.82) is 0 Å². The van der Waals surface area contributed by atoms with Gasteiger partial charge in [0.25, 0.3) is 0 Å². The zero-order chi connectivity index (χ0) is 12.5. The molecule has 8 heteroatoms. The van der Waals surface area contributed by atoms with Crippen molar-refractivity contribution >= 4 is 18.3 Å². The Bertz CT molecular complexity index is 448. The van der Waals surface area contributed by atoms with E-state index in [1.54, 1.807) is 0 Å². The van der Waals surface area contributed by atoms with E-state index in [4.69, 9.17) is 4.74 Å². The SMILES string of the molecule is Cc1nc(C2CN(C(=O)C3CNC3)CCO2)n[nH]1.Cl. The van der Waals surface area contributed by atoms with Crippen LogP contribution in [0.15, 0.2) is 0 Å². The minimum absolute atomic E-state index is 0. The molecule has 7 nitrogen and oxygen atoms in total. The molecule has 2 saturated heterocycles. The van der Waals surface area contributed by atoms with E-state index < -0.39 is 0 Å². The number of morpholine rings is 1. The van der Waals surface area contributed by atoms with Gasteiger partial charge in [-0.25, -0.2) is 4.98 Å². The average Bonchev–Trinajstić information content (AvgIpc) is 2.74. The van der Waals surface area contributed by atoms with Crippen molar-refractivity contribution in [3.63, 3.8) is 0 Å². The summed E-state index contributed by atoms with van der Waals surface area (Å²) in [5.74, 6) is 1.75. The number of carbonyl (C=O) groups excluding carboxylic acids is 1. The third kappa shape index (κ3) is 2.88. The summed E-state index contributed by atoms with van der Waals surface area (Å²) >= 11 is 0. The molecular weight excluding hydrogens is 270 g/mol. The second kappa shape index (κ2) is 5.85. The van der Waals surface area contributed by atoms with Crippen LogP contribution in [0.1, 0.15) is 17.8 Å². The fourth-order valence-electron chi connectivity index (χ4n) is 2.23. The molecule has 0 radical (unpaired) electrons. The van der Waals surface area contributed by atoms with E-state index in [1.807, 2.05) is 11.8 Å². The second-order valence-electron chi connectivity index (χ2n) is 4.78. The van der Waals surface area contributed by atoms with Crippen LogP contribution in [0.2, 0.25) is 0 Å². The van der Waals surface area contributed by atoms with Crippen molar-refractivity contribution < 1.29 is 9.53 Å². The molecule has 3 heterocycles. The van der Waals surface area contributed by atoms with E-state index in [-0.39, 0.29) is 30.3 Å². The molecule has 0 aliphatic carbocycles. The lowest BCUT2D eigenvalue weighted by Crippen LogP contribution is -2.54. The number of hydrogen-bond acceptors (Lipinski definition) is 5. The number of halogens is 1. The first-order valence-corrected chi connectivity index (χ1v) is 6.24. The Labute approximate surface area is 117 Å². The van der Waals surface area contributed by atoms with Crippen LogP contribution >= 0.6 is 12.4 Å². The van der Waals surface area contributed by atoms with Gasteiger partial charge in [-0.1, -0.05) is 0 Å². The smallest absolute Gasteiger partial charge is 0.228 e. The van der Waals surface area contributed by atoms with Crippen molar-refractivity contribution in [2.45, 2.75) is 13.0 Å². The van der Waals surface area contributed by atoms with E-state index in [0.717, 1.165) is 18.9 Å². The molecule has 1 unspecified atom stereocenters. The normalized spacial score (nSPS) is 23.6. The molecule has 1 atom stereocenters. The fourth-order valence-corrected chi connectivity index (χ4v) is 2.23. The summed E-state index contributed by atoms with van der Waals surface area (Å²) in [6.07, 6.45) is -0.208. The van der Waals surface area contributed by atoms with Gasteiger partial charge in [-0.05, 0) is 6.92 Å². The zero-order valence-electron chi connectivity index (χ0n) is 10.8. The van der Waals surface area contributed by atoms with E-state index >= 15 is 0 Å². The van der Waals surface area contributed by atoms with Gasteiger partial charge in [-0.15, -0.1) is 12.4 Å². The summed E-state index contributed by atoms with van der Waals surface area (Å²) < 4.78 is 5.63. The molecule has 2 fully saturated rings. The minimum Gasteiger partial charge on any atom is -0.366 e. The summed E-state index contributed by atoms with van der Waals surface area (Å²) in [6, 6.07) is 0. The number of nitrogens with one attached hydrogen (secondary N) is 2. The minimum atomic E-state index is -0.208. The Balaban J connectivity index is 0.00000133. The zero-order valence-corrected chi connectivity index (χ0v) is 11.6. The van der Waals surface area contributed by atoms with Crippen molar-refractivity contribution in [3.05, 3.63) is 11.6 Å². The molecule has 0 aromatic carbocycles. The first-order valence-electron chi connectivity index (χ1n) is 6.24. The highest BCUT2D eigenvalue weighted by Crippen LogP contribution is 2.21. The van der Waals surface area contributed by atoms with E-state index in [2.05, 4.69) is 20.5 Å².